The van der Waals surface area contributed by atoms with Crippen LogP contribution in [0.5, 0.6) is 0 Å². The summed E-state index contributed by atoms with van der Waals surface area (Å²) in [6, 6.07) is 0. The van der Waals surface area contributed by atoms with Gasteiger partial charge in [-0.15, -0.1) is 0 Å². The van der Waals surface area contributed by atoms with Gasteiger partial charge in [-0.05, 0) is 33.6 Å². The Balaban J connectivity index is 3.16. The van der Waals surface area contributed by atoms with Crippen molar-refractivity contribution < 1.29 is 0 Å². The first-order valence-electron chi connectivity index (χ1n) is 6.39. The summed E-state index contributed by atoms with van der Waals surface area (Å²) in [5, 5.41) is 0. The van der Waals surface area contributed by atoms with E-state index < -0.39 is 0 Å². The second-order valence-electron chi connectivity index (χ2n) is 5.96. The van der Waals surface area contributed by atoms with Crippen LogP contribution in [0, 0.1) is 0 Å². The second-order valence-corrected chi connectivity index (χ2v) is 5.96. The third-order valence-electron chi connectivity index (χ3n) is 3.49. The molecule has 2 heteroatoms. The molecule has 0 aliphatic rings. The van der Waals surface area contributed by atoms with Crippen LogP contribution in [0.25, 0.3) is 0 Å². The summed E-state index contributed by atoms with van der Waals surface area (Å²) in [7, 11) is 0. The van der Waals surface area contributed by atoms with Gasteiger partial charge in [0.25, 0.3) is 0 Å². The standard InChI is InChI=1S/C14H26N2/c1-7-9-14(6,8-2)12-15-10-11-16(12)13(3,4)5/h10-11H,7-9H2,1-6H3. The lowest BCUT2D eigenvalue weighted by molar-refractivity contribution is 0.314. The maximum Gasteiger partial charge on any atom is 0.115 e. The van der Waals surface area contributed by atoms with Gasteiger partial charge in [0.15, 0.2) is 0 Å². The minimum absolute atomic E-state index is 0.121. The first-order chi connectivity index (χ1) is 7.35. The van der Waals surface area contributed by atoms with E-state index in [0.29, 0.717) is 0 Å². The van der Waals surface area contributed by atoms with E-state index >= 15 is 0 Å². The Bertz CT molecular complexity index is 333. The largest absolute Gasteiger partial charge is 0.329 e. The molecule has 0 saturated heterocycles. The highest BCUT2D eigenvalue weighted by Gasteiger charge is 2.31. The second kappa shape index (κ2) is 4.60. The predicted octanol–water partition coefficient (Wildman–Crippen LogP) is 4.11. The zero-order valence-corrected chi connectivity index (χ0v) is 11.7. The Kier molecular flexibility index (Phi) is 3.82. The normalized spacial score (nSPS) is 16.1. The zero-order valence-electron chi connectivity index (χ0n) is 11.7. The van der Waals surface area contributed by atoms with Crippen LogP contribution < -0.4 is 0 Å². The molecule has 1 rings (SSSR count). The highest BCUT2D eigenvalue weighted by molar-refractivity contribution is 5.10. The molecule has 0 amide bonds. The van der Waals surface area contributed by atoms with E-state index in [1.54, 1.807) is 0 Å². The number of nitrogens with zero attached hydrogens (tertiary/aromatic N) is 2. The maximum absolute atomic E-state index is 4.61. The van der Waals surface area contributed by atoms with E-state index in [0.717, 1.165) is 6.42 Å². The molecule has 0 bridgehead atoms. The van der Waals surface area contributed by atoms with Gasteiger partial charge in [0.2, 0.25) is 0 Å². The van der Waals surface area contributed by atoms with Gasteiger partial charge in [-0.1, -0.05) is 27.2 Å². The molecule has 0 aromatic carbocycles. The Labute approximate surface area is 100 Å². The highest BCUT2D eigenvalue weighted by Crippen LogP contribution is 2.33. The molecule has 2 nitrogen and oxygen atoms in total. The Morgan fingerprint density at radius 2 is 1.81 bits per heavy atom. The summed E-state index contributed by atoms with van der Waals surface area (Å²) < 4.78 is 2.33. The first kappa shape index (κ1) is 13.3. The summed E-state index contributed by atoms with van der Waals surface area (Å²) in [5.74, 6) is 1.24. The van der Waals surface area contributed by atoms with Gasteiger partial charge in [0.1, 0.15) is 5.82 Å². The van der Waals surface area contributed by atoms with Gasteiger partial charge in [0.05, 0.1) is 0 Å². The zero-order chi connectivity index (χ0) is 12.4. The van der Waals surface area contributed by atoms with Gasteiger partial charge in [0, 0.05) is 23.3 Å². The van der Waals surface area contributed by atoms with Crippen molar-refractivity contribution in [2.45, 2.75) is 71.8 Å². The van der Waals surface area contributed by atoms with E-state index in [4.69, 9.17) is 0 Å². The number of hydrogen-bond donors (Lipinski definition) is 0. The Morgan fingerprint density at radius 3 is 2.25 bits per heavy atom. The average Bonchev–Trinajstić information content (AvgIpc) is 2.66. The van der Waals surface area contributed by atoms with Crippen LogP contribution in [-0.2, 0) is 11.0 Å². The molecule has 0 saturated carbocycles. The van der Waals surface area contributed by atoms with Crippen molar-refractivity contribution in [3.05, 3.63) is 18.2 Å². The van der Waals surface area contributed by atoms with Crippen LogP contribution in [0.15, 0.2) is 12.4 Å². The van der Waals surface area contributed by atoms with Crippen molar-refractivity contribution in [3.63, 3.8) is 0 Å². The minimum Gasteiger partial charge on any atom is -0.329 e. The van der Waals surface area contributed by atoms with E-state index in [9.17, 15) is 0 Å². The summed E-state index contributed by atoms with van der Waals surface area (Å²) in [5.41, 5.74) is 0.335. The fraction of sp³-hybridized carbons (Fsp3) is 0.786. The van der Waals surface area contributed by atoms with E-state index in [-0.39, 0.29) is 11.0 Å². The van der Waals surface area contributed by atoms with Crippen molar-refractivity contribution in [1.29, 1.82) is 0 Å². The molecule has 0 radical (unpaired) electrons. The molecule has 0 aliphatic carbocycles. The van der Waals surface area contributed by atoms with Gasteiger partial charge in [-0.25, -0.2) is 4.98 Å². The molecule has 0 spiro atoms. The summed E-state index contributed by atoms with van der Waals surface area (Å²) >= 11 is 0. The molecule has 1 unspecified atom stereocenters. The van der Waals surface area contributed by atoms with Crippen molar-refractivity contribution in [1.82, 2.24) is 9.55 Å². The molecule has 92 valence electrons. The Morgan fingerprint density at radius 1 is 1.19 bits per heavy atom. The van der Waals surface area contributed by atoms with E-state index in [1.165, 1.54) is 18.7 Å². The molecule has 1 aromatic rings. The fourth-order valence-corrected chi connectivity index (χ4v) is 2.29. The highest BCUT2D eigenvalue weighted by atomic mass is 15.1. The topological polar surface area (TPSA) is 17.8 Å². The molecule has 0 N–H and O–H groups in total. The van der Waals surface area contributed by atoms with Crippen molar-refractivity contribution >= 4 is 0 Å². The third kappa shape index (κ3) is 2.47. The van der Waals surface area contributed by atoms with Gasteiger partial charge < -0.3 is 4.57 Å². The smallest absolute Gasteiger partial charge is 0.115 e. The molecule has 1 atom stereocenters. The third-order valence-corrected chi connectivity index (χ3v) is 3.49. The summed E-state index contributed by atoms with van der Waals surface area (Å²) in [6.45, 7) is 13.6. The molecule has 0 fully saturated rings. The lowest BCUT2D eigenvalue weighted by atomic mass is 9.81. The first-order valence-corrected chi connectivity index (χ1v) is 6.39. The van der Waals surface area contributed by atoms with Gasteiger partial charge in [-0.2, -0.15) is 0 Å². The van der Waals surface area contributed by atoms with Crippen molar-refractivity contribution in [2.24, 2.45) is 0 Å². The molecule has 0 aliphatic heterocycles. The SMILES string of the molecule is CCCC(C)(CC)c1nccn1C(C)(C)C. The van der Waals surface area contributed by atoms with Gasteiger partial charge in [-0.3, -0.25) is 0 Å². The monoisotopic (exact) mass is 222 g/mol. The van der Waals surface area contributed by atoms with Crippen molar-refractivity contribution in [2.75, 3.05) is 0 Å². The van der Waals surface area contributed by atoms with Crippen LogP contribution in [0.4, 0.5) is 0 Å². The van der Waals surface area contributed by atoms with Crippen LogP contribution in [0.1, 0.15) is 66.6 Å². The van der Waals surface area contributed by atoms with Crippen LogP contribution >= 0.6 is 0 Å². The fourth-order valence-electron chi connectivity index (χ4n) is 2.29. The van der Waals surface area contributed by atoms with Crippen molar-refractivity contribution in [3.8, 4) is 0 Å². The Hall–Kier alpha value is -0.790. The predicted molar refractivity (Wildman–Crippen MR) is 69.8 cm³/mol. The molecule has 1 heterocycles. The molecular weight excluding hydrogens is 196 g/mol. The quantitative estimate of drug-likeness (QED) is 0.749. The molecular formula is C14H26N2. The maximum atomic E-state index is 4.61. The summed E-state index contributed by atoms with van der Waals surface area (Å²) in [4.78, 5) is 4.61. The number of rotatable bonds is 4. The average molecular weight is 222 g/mol. The lowest BCUT2D eigenvalue weighted by Crippen LogP contribution is -2.32. The molecule has 1 aromatic heterocycles. The molecule has 16 heavy (non-hydrogen) atoms. The lowest BCUT2D eigenvalue weighted by Gasteiger charge is -2.33. The number of hydrogen-bond acceptors (Lipinski definition) is 1. The summed E-state index contributed by atoms with van der Waals surface area (Å²) in [6.07, 6.45) is 7.61. The number of aromatic nitrogens is 2. The van der Waals surface area contributed by atoms with Crippen LogP contribution in [-0.4, -0.2) is 9.55 Å². The van der Waals surface area contributed by atoms with E-state index in [2.05, 4.69) is 57.3 Å². The minimum atomic E-state index is 0.121. The van der Waals surface area contributed by atoms with E-state index in [1.807, 2.05) is 6.20 Å². The number of imidazole rings is 1. The van der Waals surface area contributed by atoms with Crippen LogP contribution in [0.2, 0.25) is 0 Å². The van der Waals surface area contributed by atoms with Crippen LogP contribution in [0.3, 0.4) is 0 Å². The van der Waals surface area contributed by atoms with Gasteiger partial charge >= 0.3 is 0 Å².